The minimum atomic E-state index is -3.45. The van der Waals surface area contributed by atoms with Crippen LogP contribution in [0.1, 0.15) is 12.0 Å². The standard InChI is InChI=1S/C20H24FN3O3S/c1-22-28(26,27)17-9-6-16(7-10-17)8-11-20(25)24-14-12-23(13-15-24)19-5-3-2-4-18(19)21/h2-7,9-10,22H,8,11-15H2,1H3. The molecule has 1 saturated heterocycles. The quantitative estimate of drug-likeness (QED) is 0.798. The number of carbonyl (C=O) groups is 1. The molecule has 1 fully saturated rings. The van der Waals surface area contributed by atoms with Crippen molar-refractivity contribution in [3.63, 3.8) is 0 Å². The summed E-state index contributed by atoms with van der Waals surface area (Å²) >= 11 is 0. The average molecular weight is 405 g/mol. The average Bonchev–Trinajstić information content (AvgIpc) is 2.73. The van der Waals surface area contributed by atoms with Crippen LogP contribution < -0.4 is 9.62 Å². The second-order valence-corrected chi connectivity index (χ2v) is 8.56. The van der Waals surface area contributed by atoms with Gasteiger partial charge in [0.1, 0.15) is 5.82 Å². The summed E-state index contributed by atoms with van der Waals surface area (Å²) in [5.74, 6) is -0.189. The molecule has 0 aliphatic carbocycles. The highest BCUT2D eigenvalue weighted by molar-refractivity contribution is 7.89. The van der Waals surface area contributed by atoms with E-state index in [9.17, 15) is 17.6 Å². The maximum atomic E-state index is 13.9. The molecule has 1 aliphatic heterocycles. The monoisotopic (exact) mass is 405 g/mol. The molecule has 0 radical (unpaired) electrons. The minimum Gasteiger partial charge on any atom is -0.366 e. The first-order valence-corrected chi connectivity index (χ1v) is 10.7. The van der Waals surface area contributed by atoms with E-state index in [4.69, 9.17) is 0 Å². The Morgan fingerprint density at radius 2 is 1.68 bits per heavy atom. The Hall–Kier alpha value is -2.45. The van der Waals surface area contributed by atoms with Gasteiger partial charge in [0.05, 0.1) is 10.6 Å². The van der Waals surface area contributed by atoms with Crippen LogP contribution in [0, 0.1) is 5.82 Å². The van der Waals surface area contributed by atoms with Gasteiger partial charge >= 0.3 is 0 Å². The number of amides is 1. The first kappa shape index (κ1) is 20.3. The number of nitrogens with one attached hydrogen (secondary N) is 1. The van der Waals surface area contributed by atoms with Crippen molar-refractivity contribution >= 4 is 21.6 Å². The smallest absolute Gasteiger partial charge is 0.240 e. The number of carbonyl (C=O) groups excluding carboxylic acids is 1. The third-order valence-electron chi connectivity index (χ3n) is 4.96. The second-order valence-electron chi connectivity index (χ2n) is 6.67. The van der Waals surface area contributed by atoms with Crippen molar-refractivity contribution in [1.29, 1.82) is 0 Å². The predicted octanol–water partition coefficient (Wildman–Crippen LogP) is 2.02. The Balaban J connectivity index is 1.50. The molecule has 150 valence electrons. The molecule has 2 aromatic rings. The number of para-hydroxylation sites is 1. The van der Waals surface area contributed by atoms with Crippen LogP contribution in [0.25, 0.3) is 0 Å². The molecule has 28 heavy (non-hydrogen) atoms. The molecule has 1 amide bonds. The van der Waals surface area contributed by atoms with Gasteiger partial charge in [0.15, 0.2) is 0 Å². The van der Waals surface area contributed by atoms with Crippen molar-refractivity contribution < 1.29 is 17.6 Å². The van der Waals surface area contributed by atoms with Gasteiger partial charge in [-0.15, -0.1) is 0 Å². The first-order chi connectivity index (χ1) is 13.4. The molecule has 0 unspecified atom stereocenters. The molecular formula is C20H24FN3O3S. The van der Waals surface area contributed by atoms with E-state index in [1.165, 1.54) is 13.1 Å². The lowest BCUT2D eigenvalue weighted by Gasteiger charge is -2.36. The highest BCUT2D eigenvalue weighted by atomic mass is 32.2. The topological polar surface area (TPSA) is 69.7 Å². The van der Waals surface area contributed by atoms with Gasteiger partial charge in [-0.05, 0) is 43.3 Å². The van der Waals surface area contributed by atoms with Crippen LogP contribution in [0.3, 0.4) is 0 Å². The van der Waals surface area contributed by atoms with Crippen LogP contribution in [0.15, 0.2) is 53.4 Å². The SMILES string of the molecule is CNS(=O)(=O)c1ccc(CCC(=O)N2CCN(c3ccccc3F)CC2)cc1. The molecule has 1 N–H and O–H groups in total. The van der Waals surface area contributed by atoms with Crippen LogP contribution in [-0.2, 0) is 21.2 Å². The highest BCUT2D eigenvalue weighted by Gasteiger charge is 2.22. The summed E-state index contributed by atoms with van der Waals surface area (Å²) in [6, 6.07) is 13.2. The zero-order chi connectivity index (χ0) is 20.1. The Bertz CT molecular complexity index is 924. The number of hydrogen-bond donors (Lipinski definition) is 1. The van der Waals surface area contributed by atoms with Crippen LogP contribution in [-0.4, -0.2) is 52.5 Å². The van der Waals surface area contributed by atoms with E-state index in [1.807, 2.05) is 11.0 Å². The molecule has 8 heteroatoms. The van der Waals surface area contributed by atoms with Crippen LogP contribution in [0.5, 0.6) is 0 Å². The Morgan fingerprint density at radius 1 is 1.04 bits per heavy atom. The fraction of sp³-hybridized carbons (Fsp3) is 0.350. The van der Waals surface area contributed by atoms with E-state index in [2.05, 4.69) is 4.72 Å². The highest BCUT2D eigenvalue weighted by Crippen LogP contribution is 2.20. The lowest BCUT2D eigenvalue weighted by Crippen LogP contribution is -2.49. The van der Waals surface area contributed by atoms with Crippen molar-refractivity contribution in [3.05, 3.63) is 59.9 Å². The summed E-state index contributed by atoms with van der Waals surface area (Å²) in [5.41, 5.74) is 1.49. The van der Waals surface area contributed by atoms with Gasteiger partial charge in [-0.3, -0.25) is 4.79 Å². The Kier molecular flexibility index (Phi) is 6.31. The molecule has 0 aromatic heterocycles. The van der Waals surface area contributed by atoms with E-state index < -0.39 is 10.0 Å². The number of sulfonamides is 1. The van der Waals surface area contributed by atoms with Gasteiger partial charge in [-0.2, -0.15) is 0 Å². The summed E-state index contributed by atoms with van der Waals surface area (Å²) < 4.78 is 39.6. The van der Waals surface area contributed by atoms with Gasteiger partial charge in [0.2, 0.25) is 15.9 Å². The van der Waals surface area contributed by atoms with E-state index in [0.717, 1.165) is 5.56 Å². The number of anilines is 1. The van der Waals surface area contributed by atoms with E-state index in [1.54, 1.807) is 41.3 Å². The number of rotatable bonds is 6. The van der Waals surface area contributed by atoms with Gasteiger partial charge in [0.25, 0.3) is 0 Å². The third-order valence-corrected chi connectivity index (χ3v) is 6.39. The van der Waals surface area contributed by atoms with Gasteiger partial charge in [0, 0.05) is 32.6 Å². The van der Waals surface area contributed by atoms with E-state index >= 15 is 0 Å². The summed E-state index contributed by atoms with van der Waals surface area (Å²) in [6.07, 6.45) is 0.907. The Labute approximate surface area is 165 Å². The minimum absolute atomic E-state index is 0.0557. The zero-order valence-electron chi connectivity index (χ0n) is 15.8. The largest absolute Gasteiger partial charge is 0.366 e. The van der Waals surface area contributed by atoms with Crippen molar-refractivity contribution in [2.45, 2.75) is 17.7 Å². The number of halogens is 1. The Morgan fingerprint density at radius 3 is 2.29 bits per heavy atom. The normalized spacial score (nSPS) is 14.9. The number of hydrogen-bond acceptors (Lipinski definition) is 4. The molecule has 3 rings (SSSR count). The molecule has 0 spiro atoms. The van der Waals surface area contributed by atoms with Crippen molar-refractivity contribution in [1.82, 2.24) is 9.62 Å². The van der Waals surface area contributed by atoms with E-state index in [-0.39, 0.29) is 16.6 Å². The fourth-order valence-corrected chi connectivity index (χ4v) is 4.00. The molecule has 6 nitrogen and oxygen atoms in total. The second kappa shape index (κ2) is 8.70. The van der Waals surface area contributed by atoms with Crippen molar-refractivity contribution in [2.24, 2.45) is 0 Å². The third kappa shape index (κ3) is 4.69. The van der Waals surface area contributed by atoms with E-state index in [0.29, 0.717) is 44.7 Å². The van der Waals surface area contributed by atoms with Gasteiger partial charge in [-0.1, -0.05) is 24.3 Å². The predicted molar refractivity (Wildman–Crippen MR) is 106 cm³/mol. The molecule has 1 heterocycles. The maximum absolute atomic E-state index is 13.9. The molecule has 1 aliphatic rings. The van der Waals surface area contributed by atoms with Crippen LogP contribution in [0.2, 0.25) is 0 Å². The summed E-state index contributed by atoms with van der Waals surface area (Å²) in [4.78, 5) is 16.4. The van der Waals surface area contributed by atoms with Crippen LogP contribution >= 0.6 is 0 Å². The number of aryl methyl sites for hydroxylation is 1. The number of benzene rings is 2. The summed E-state index contributed by atoms with van der Waals surface area (Å²) in [7, 11) is -2.08. The van der Waals surface area contributed by atoms with Crippen molar-refractivity contribution in [3.8, 4) is 0 Å². The number of nitrogens with zero attached hydrogens (tertiary/aromatic N) is 2. The van der Waals surface area contributed by atoms with Gasteiger partial charge < -0.3 is 9.80 Å². The number of piperazine rings is 1. The zero-order valence-corrected chi connectivity index (χ0v) is 16.6. The molecular weight excluding hydrogens is 381 g/mol. The molecule has 0 saturated carbocycles. The van der Waals surface area contributed by atoms with Crippen LogP contribution in [0.4, 0.5) is 10.1 Å². The van der Waals surface area contributed by atoms with Gasteiger partial charge in [-0.25, -0.2) is 17.5 Å². The molecule has 2 aromatic carbocycles. The molecule has 0 bridgehead atoms. The fourth-order valence-electron chi connectivity index (χ4n) is 3.27. The lowest BCUT2D eigenvalue weighted by atomic mass is 10.1. The first-order valence-electron chi connectivity index (χ1n) is 9.20. The van der Waals surface area contributed by atoms with Crippen molar-refractivity contribution in [2.75, 3.05) is 38.1 Å². The lowest BCUT2D eigenvalue weighted by molar-refractivity contribution is -0.131. The molecule has 0 atom stereocenters. The maximum Gasteiger partial charge on any atom is 0.240 e. The summed E-state index contributed by atoms with van der Waals surface area (Å²) in [5, 5.41) is 0. The summed E-state index contributed by atoms with van der Waals surface area (Å²) in [6.45, 7) is 2.32.